The van der Waals surface area contributed by atoms with E-state index in [1.165, 1.54) is 0 Å². The van der Waals surface area contributed by atoms with Crippen molar-refractivity contribution in [2.24, 2.45) is 0 Å². The quantitative estimate of drug-likeness (QED) is 0.289. The second-order valence-electron chi connectivity index (χ2n) is 2.92. The van der Waals surface area contributed by atoms with Gasteiger partial charge in [-0.3, -0.25) is 9.59 Å². The van der Waals surface area contributed by atoms with Crippen LogP contribution in [-0.2, 0) is 36.8 Å². The molecule has 0 heterocycles. The Kier molecular flexibility index (Phi) is 13.8. The number of aliphatic hydroxyl groups is 3. The standard InChI is InChI=1S/C6H8O7.C2H6O2.Nb/c7-3(8)1-6(13,5(11)12)2-4(9)10;3-1-2-4;/h13H,1-2H2,(H,7,8)(H,9,10)(H,11,12);3-4H,1-2H2;. The van der Waals surface area contributed by atoms with Crippen LogP contribution in [0.25, 0.3) is 0 Å². The first-order valence-corrected chi connectivity index (χ1v) is 4.30. The summed E-state index contributed by atoms with van der Waals surface area (Å²) in [5, 5.41) is 49.1. The van der Waals surface area contributed by atoms with Gasteiger partial charge in [0, 0.05) is 22.4 Å². The average Bonchev–Trinajstić information content (AvgIpc) is 2.15. The molecule has 1 radical (unpaired) electrons. The third-order valence-corrected chi connectivity index (χ3v) is 1.39. The van der Waals surface area contributed by atoms with Crippen LogP contribution in [0.1, 0.15) is 12.8 Å². The zero-order chi connectivity index (χ0) is 14.1. The second-order valence-corrected chi connectivity index (χ2v) is 2.92. The molecule has 0 unspecified atom stereocenters. The summed E-state index contributed by atoms with van der Waals surface area (Å²) < 4.78 is 0. The minimum atomic E-state index is -2.74. The topological polar surface area (TPSA) is 173 Å². The summed E-state index contributed by atoms with van der Waals surface area (Å²) in [6, 6.07) is 0. The van der Waals surface area contributed by atoms with Gasteiger partial charge in [0.2, 0.25) is 0 Å². The van der Waals surface area contributed by atoms with Gasteiger partial charge in [-0.25, -0.2) is 4.79 Å². The summed E-state index contributed by atoms with van der Waals surface area (Å²) >= 11 is 0. The summed E-state index contributed by atoms with van der Waals surface area (Å²) in [6.07, 6.45) is -2.29. The summed E-state index contributed by atoms with van der Waals surface area (Å²) in [4.78, 5) is 30.5. The Balaban J connectivity index is -0.000000392. The van der Waals surface area contributed by atoms with Crippen LogP contribution < -0.4 is 0 Å². The number of rotatable bonds is 6. The normalized spacial score (nSPS) is 9.50. The van der Waals surface area contributed by atoms with Gasteiger partial charge in [0.1, 0.15) is 0 Å². The first-order chi connectivity index (χ1) is 7.69. The molecule has 9 nitrogen and oxygen atoms in total. The predicted octanol–water partition coefficient (Wildman–Crippen LogP) is -2.28. The smallest absolute Gasteiger partial charge is 0.336 e. The summed E-state index contributed by atoms with van der Waals surface area (Å²) in [7, 11) is 0. The molecule has 0 aliphatic carbocycles. The minimum Gasteiger partial charge on any atom is -0.481 e. The zero-order valence-electron chi connectivity index (χ0n) is 9.18. The summed E-state index contributed by atoms with van der Waals surface area (Å²) in [5.74, 6) is -5.02. The maximum absolute atomic E-state index is 10.3. The molecular formula is C8H14NbO9. The van der Waals surface area contributed by atoms with Crippen LogP contribution in [0.15, 0.2) is 0 Å². The van der Waals surface area contributed by atoms with E-state index < -0.39 is 36.4 Å². The molecule has 0 aliphatic heterocycles. The SMILES string of the molecule is O=C(O)CC(O)(CC(=O)O)C(=O)O.OCCO.[Nb]. The number of aliphatic carboxylic acids is 3. The molecule has 18 heavy (non-hydrogen) atoms. The average molecular weight is 347 g/mol. The molecule has 0 saturated heterocycles. The Labute approximate surface area is 117 Å². The van der Waals surface area contributed by atoms with Crippen molar-refractivity contribution in [1.29, 1.82) is 0 Å². The molecule has 0 rings (SSSR count). The van der Waals surface area contributed by atoms with Gasteiger partial charge in [-0.2, -0.15) is 0 Å². The van der Waals surface area contributed by atoms with E-state index in [1.807, 2.05) is 0 Å². The van der Waals surface area contributed by atoms with Gasteiger partial charge in [0.25, 0.3) is 0 Å². The molecule has 0 fully saturated rings. The van der Waals surface area contributed by atoms with E-state index in [4.69, 9.17) is 30.6 Å². The molecule has 0 saturated carbocycles. The Bertz CT molecular complexity index is 260. The molecule has 0 aromatic rings. The Morgan fingerprint density at radius 1 is 0.833 bits per heavy atom. The van der Waals surface area contributed by atoms with Crippen LogP contribution in [0.4, 0.5) is 0 Å². The Morgan fingerprint density at radius 3 is 1.22 bits per heavy atom. The largest absolute Gasteiger partial charge is 0.481 e. The van der Waals surface area contributed by atoms with Gasteiger partial charge in [-0.1, -0.05) is 0 Å². The van der Waals surface area contributed by atoms with Gasteiger partial charge in [-0.05, 0) is 0 Å². The van der Waals surface area contributed by atoms with Crippen molar-refractivity contribution in [3.05, 3.63) is 0 Å². The van der Waals surface area contributed by atoms with Crippen molar-refractivity contribution in [2.75, 3.05) is 13.2 Å². The molecule has 0 spiro atoms. The maximum Gasteiger partial charge on any atom is 0.336 e. The number of carbonyl (C=O) groups is 3. The van der Waals surface area contributed by atoms with Gasteiger partial charge < -0.3 is 30.6 Å². The van der Waals surface area contributed by atoms with E-state index in [0.717, 1.165) is 0 Å². The van der Waals surface area contributed by atoms with Crippen LogP contribution >= 0.6 is 0 Å². The van der Waals surface area contributed by atoms with E-state index in [2.05, 4.69) is 0 Å². The molecular weight excluding hydrogens is 333 g/mol. The molecule has 10 heteroatoms. The fourth-order valence-electron chi connectivity index (χ4n) is 0.714. The fourth-order valence-corrected chi connectivity index (χ4v) is 0.714. The fraction of sp³-hybridized carbons (Fsp3) is 0.625. The Hall–Kier alpha value is -0.970. The number of hydrogen-bond acceptors (Lipinski definition) is 6. The Morgan fingerprint density at radius 2 is 1.11 bits per heavy atom. The van der Waals surface area contributed by atoms with E-state index in [9.17, 15) is 14.4 Å². The van der Waals surface area contributed by atoms with Crippen molar-refractivity contribution in [3.8, 4) is 0 Å². The molecule has 0 amide bonds. The maximum atomic E-state index is 10.3. The van der Waals surface area contributed by atoms with Crippen LogP contribution in [-0.4, -0.2) is 67.4 Å². The van der Waals surface area contributed by atoms with E-state index >= 15 is 0 Å². The first-order valence-electron chi connectivity index (χ1n) is 4.30. The minimum absolute atomic E-state index is 0. The van der Waals surface area contributed by atoms with Gasteiger partial charge in [-0.15, -0.1) is 0 Å². The van der Waals surface area contributed by atoms with E-state index in [0.29, 0.717) is 0 Å². The molecule has 0 bridgehead atoms. The molecule has 105 valence electrons. The number of aliphatic hydroxyl groups excluding tert-OH is 2. The van der Waals surface area contributed by atoms with Crippen molar-refractivity contribution in [2.45, 2.75) is 18.4 Å². The van der Waals surface area contributed by atoms with Crippen molar-refractivity contribution in [1.82, 2.24) is 0 Å². The van der Waals surface area contributed by atoms with Crippen molar-refractivity contribution < 1.29 is 67.4 Å². The molecule has 0 aromatic heterocycles. The zero-order valence-corrected chi connectivity index (χ0v) is 11.4. The van der Waals surface area contributed by atoms with Crippen molar-refractivity contribution >= 4 is 17.9 Å². The van der Waals surface area contributed by atoms with Gasteiger partial charge in [0.15, 0.2) is 5.60 Å². The second kappa shape index (κ2) is 11.1. The predicted molar refractivity (Wildman–Crippen MR) is 51.3 cm³/mol. The molecule has 0 atom stereocenters. The summed E-state index contributed by atoms with van der Waals surface area (Å²) in [6.45, 7) is -0.250. The van der Waals surface area contributed by atoms with E-state index in [1.54, 1.807) is 0 Å². The number of carboxylic acids is 3. The monoisotopic (exact) mass is 347 g/mol. The number of carboxylic acid groups (broad SMARTS) is 3. The molecule has 0 aliphatic rings. The van der Waals surface area contributed by atoms with Crippen LogP contribution in [0.3, 0.4) is 0 Å². The third kappa shape index (κ3) is 11.5. The summed E-state index contributed by atoms with van der Waals surface area (Å²) in [5.41, 5.74) is -2.74. The van der Waals surface area contributed by atoms with Crippen LogP contribution in [0, 0.1) is 0 Å². The van der Waals surface area contributed by atoms with Crippen LogP contribution in [0.5, 0.6) is 0 Å². The third-order valence-electron chi connectivity index (χ3n) is 1.39. The number of hydrogen-bond donors (Lipinski definition) is 6. The van der Waals surface area contributed by atoms with Crippen LogP contribution in [0.2, 0.25) is 0 Å². The van der Waals surface area contributed by atoms with Crippen molar-refractivity contribution in [3.63, 3.8) is 0 Å². The van der Waals surface area contributed by atoms with Gasteiger partial charge in [0.05, 0.1) is 26.1 Å². The van der Waals surface area contributed by atoms with E-state index in [-0.39, 0.29) is 35.6 Å². The first kappa shape index (κ1) is 22.2. The molecule has 6 N–H and O–H groups in total. The van der Waals surface area contributed by atoms with Gasteiger partial charge >= 0.3 is 17.9 Å². The molecule has 0 aromatic carbocycles.